The van der Waals surface area contributed by atoms with Gasteiger partial charge in [-0.05, 0) is 18.2 Å². The van der Waals surface area contributed by atoms with E-state index in [0.29, 0.717) is 12.1 Å². The second-order valence-corrected chi connectivity index (χ2v) is 3.66. The number of fused-ring (bicyclic) bond motifs is 1. The van der Waals surface area contributed by atoms with E-state index >= 15 is 0 Å². The first-order valence-corrected chi connectivity index (χ1v) is 4.81. The minimum atomic E-state index is -4.81. The topological polar surface area (TPSA) is 51.8 Å². The normalized spacial score (nSPS) is 12.9. The van der Waals surface area contributed by atoms with Crippen LogP contribution in [0.2, 0.25) is 0 Å². The molecule has 19 heavy (non-hydrogen) atoms. The van der Waals surface area contributed by atoms with Gasteiger partial charge < -0.3 is 5.73 Å². The maximum absolute atomic E-state index is 12.5. The van der Waals surface area contributed by atoms with E-state index in [1.165, 1.54) is 0 Å². The third-order valence-electron chi connectivity index (χ3n) is 2.31. The number of nitrogen functional groups attached to an aromatic ring is 1. The summed E-state index contributed by atoms with van der Waals surface area (Å²) in [6.45, 7) is 0. The van der Waals surface area contributed by atoms with Crippen molar-refractivity contribution < 1.29 is 26.3 Å². The van der Waals surface area contributed by atoms with Crippen molar-refractivity contribution in [2.24, 2.45) is 0 Å². The summed E-state index contributed by atoms with van der Waals surface area (Å²) in [4.78, 5) is 6.12. The summed E-state index contributed by atoms with van der Waals surface area (Å²) >= 11 is 0. The number of benzene rings is 1. The first-order valence-electron chi connectivity index (χ1n) is 4.81. The SMILES string of the molecule is Nc1nc(C(F)(F)F)nc2ccc(C(F)(F)F)cc12. The molecule has 1 aromatic heterocycles. The largest absolute Gasteiger partial charge is 0.451 e. The van der Waals surface area contributed by atoms with Crippen molar-refractivity contribution in [2.75, 3.05) is 5.73 Å². The van der Waals surface area contributed by atoms with Crippen molar-refractivity contribution in [1.29, 1.82) is 0 Å². The summed E-state index contributed by atoms with van der Waals surface area (Å²) in [5.41, 5.74) is 3.92. The average Bonchev–Trinajstić information content (AvgIpc) is 2.26. The predicted molar refractivity (Wildman–Crippen MR) is 54.0 cm³/mol. The van der Waals surface area contributed by atoms with E-state index in [1.54, 1.807) is 0 Å². The lowest BCUT2D eigenvalue weighted by Crippen LogP contribution is -2.13. The summed E-state index contributed by atoms with van der Waals surface area (Å²) in [6, 6.07) is 2.07. The Labute approximate surface area is 102 Å². The summed E-state index contributed by atoms with van der Waals surface area (Å²) < 4.78 is 74.6. The Morgan fingerprint density at radius 2 is 1.53 bits per heavy atom. The lowest BCUT2D eigenvalue weighted by molar-refractivity contribution is -0.144. The van der Waals surface area contributed by atoms with Crippen molar-refractivity contribution >= 4 is 16.7 Å². The average molecular weight is 281 g/mol. The fourth-order valence-corrected chi connectivity index (χ4v) is 1.46. The van der Waals surface area contributed by atoms with Crippen LogP contribution < -0.4 is 5.73 Å². The highest BCUT2D eigenvalue weighted by Crippen LogP contribution is 2.34. The zero-order valence-electron chi connectivity index (χ0n) is 8.97. The first kappa shape index (κ1) is 13.4. The van der Waals surface area contributed by atoms with Gasteiger partial charge in [-0.25, -0.2) is 9.97 Å². The Bertz CT molecular complexity index is 631. The number of nitrogens with two attached hydrogens (primary N) is 1. The van der Waals surface area contributed by atoms with E-state index < -0.39 is 29.6 Å². The van der Waals surface area contributed by atoms with Crippen LogP contribution in [0.1, 0.15) is 11.4 Å². The molecule has 0 aliphatic heterocycles. The van der Waals surface area contributed by atoms with Crippen LogP contribution in [0, 0.1) is 0 Å². The number of nitrogens with zero attached hydrogens (tertiary/aromatic N) is 2. The first-order chi connectivity index (χ1) is 8.59. The highest BCUT2D eigenvalue weighted by atomic mass is 19.4. The van der Waals surface area contributed by atoms with Gasteiger partial charge in [0.25, 0.3) is 0 Å². The Hall–Kier alpha value is -2.06. The zero-order chi connectivity index (χ0) is 14.4. The van der Waals surface area contributed by atoms with Gasteiger partial charge in [0.2, 0.25) is 5.82 Å². The molecule has 0 bridgehead atoms. The molecule has 9 heteroatoms. The second kappa shape index (κ2) is 3.97. The van der Waals surface area contributed by atoms with Gasteiger partial charge in [-0.1, -0.05) is 0 Å². The molecule has 1 heterocycles. The highest BCUT2D eigenvalue weighted by molar-refractivity contribution is 5.88. The van der Waals surface area contributed by atoms with Crippen LogP contribution in [0.3, 0.4) is 0 Å². The number of aromatic nitrogens is 2. The third kappa shape index (κ3) is 2.54. The van der Waals surface area contributed by atoms with Crippen LogP contribution >= 0.6 is 0 Å². The van der Waals surface area contributed by atoms with E-state index in [1.807, 2.05) is 0 Å². The summed E-state index contributed by atoms with van der Waals surface area (Å²) in [6.07, 6.45) is -9.44. The van der Waals surface area contributed by atoms with Crippen molar-refractivity contribution in [2.45, 2.75) is 12.4 Å². The van der Waals surface area contributed by atoms with E-state index in [2.05, 4.69) is 9.97 Å². The van der Waals surface area contributed by atoms with Gasteiger partial charge in [-0.3, -0.25) is 0 Å². The molecule has 0 aliphatic carbocycles. The molecule has 2 aromatic rings. The quantitative estimate of drug-likeness (QED) is 0.754. The Morgan fingerprint density at radius 1 is 0.895 bits per heavy atom. The van der Waals surface area contributed by atoms with Gasteiger partial charge in [-0.2, -0.15) is 26.3 Å². The molecule has 2 rings (SSSR count). The van der Waals surface area contributed by atoms with E-state index in [9.17, 15) is 26.3 Å². The molecule has 1 aromatic carbocycles. The van der Waals surface area contributed by atoms with E-state index in [-0.39, 0.29) is 10.9 Å². The molecule has 0 unspecified atom stereocenters. The molecule has 0 atom stereocenters. The second-order valence-electron chi connectivity index (χ2n) is 3.66. The molecule has 2 N–H and O–H groups in total. The molecule has 0 radical (unpaired) electrons. The monoisotopic (exact) mass is 281 g/mol. The third-order valence-corrected chi connectivity index (χ3v) is 2.31. The Balaban J connectivity index is 2.67. The molecule has 0 aliphatic rings. The highest BCUT2D eigenvalue weighted by Gasteiger charge is 2.36. The minimum absolute atomic E-state index is 0.275. The number of hydrogen-bond donors (Lipinski definition) is 1. The number of rotatable bonds is 0. The number of halogens is 6. The Kier molecular flexibility index (Phi) is 2.79. The van der Waals surface area contributed by atoms with E-state index in [0.717, 1.165) is 6.07 Å². The van der Waals surface area contributed by atoms with E-state index in [4.69, 9.17) is 5.73 Å². The van der Waals surface area contributed by atoms with Crippen molar-refractivity contribution in [3.8, 4) is 0 Å². The molecular formula is C10H5F6N3. The molecular weight excluding hydrogens is 276 g/mol. The van der Waals surface area contributed by atoms with Gasteiger partial charge in [0, 0.05) is 5.39 Å². The summed E-state index contributed by atoms with van der Waals surface area (Å²) in [5.74, 6) is -2.14. The van der Waals surface area contributed by atoms with Gasteiger partial charge in [0.05, 0.1) is 11.1 Å². The lowest BCUT2D eigenvalue weighted by Gasteiger charge is -2.10. The smallest absolute Gasteiger partial charge is 0.383 e. The van der Waals surface area contributed by atoms with Crippen LogP contribution in [-0.4, -0.2) is 9.97 Å². The Morgan fingerprint density at radius 3 is 2.05 bits per heavy atom. The minimum Gasteiger partial charge on any atom is -0.383 e. The van der Waals surface area contributed by atoms with Crippen LogP contribution in [0.25, 0.3) is 10.9 Å². The molecule has 3 nitrogen and oxygen atoms in total. The molecule has 0 saturated carbocycles. The van der Waals surface area contributed by atoms with Crippen molar-refractivity contribution in [1.82, 2.24) is 9.97 Å². The number of alkyl halides is 6. The molecule has 0 saturated heterocycles. The predicted octanol–water partition coefficient (Wildman–Crippen LogP) is 3.25. The molecule has 0 amide bonds. The molecule has 0 fully saturated rings. The fourth-order valence-electron chi connectivity index (χ4n) is 1.46. The van der Waals surface area contributed by atoms with Gasteiger partial charge in [-0.15, -0.1) is 0 Å². The van der Waals surface area contributed by atoms with Crippen molar-refractivity contribution in [3.05, 3.63) is 29.6 Å². The van der Waals surface area contributed by atoms with Gasteiger partial charge >= 0.3 is 12.4 Å². The van der Waals surface area contributed by atoms with Crippen LogP contribution in [-0.2, 0) is 12.4 Å². The van der Waals surface area contributed by atoms with Crippen molar-refractivity contribution in [3.63, 3.8) is 0 Å². The number of anilines is 1. The van der Waals surface area contributed by atoms with Crippen LogP contribution in [0.15, 0.2) is 18.2 Å². The zero-order valence-corrected chi connectivity index (χ0v) is 8.97. The molecule has 0 spiro atoms. The maximum Gasteiger partial charge on any atom is 0.451 e. The van der Waals surface area contributed by atoms with Crippen LogP contribution in [0.5, 0.6) is 0 Å². The summed E-state index contributed by atoms with van der Waals surface area (Å²) in [5, 5.41) is -0.275. The number of hydrogen-bond acceptors (Lipinski definition) is 3. The van der Waals surface area contributed by atoms with Crippen LogP contribution in [0.4, 0.5) is 32.2 Å². The van der Waals surface area contributed by atoms with Gasteiger partial charge in [0.1, 0.15) is 5.82 Å². The molecule has 102 valence electrons. The van der Waals surface area contributed by atoms with Gasteiger partial charge in [0.15, 0.2) is 0 Å². The summed E-state index contributed by atoms with van der Waals surface area (Å²) in [7, 11) is 0. The maximum atomic E-state index is 12.5. The lowest BCUT2D eigenvalue weighted by atomic mass is 10.1. The fraction of sp³-hybridized carbons (Fsp3) is 0.200. The standard InChI is InChI=1S/C10H5F6N3/c11-9(12,13)4-1-2-6-5(3-4)7(17)19-8(18-6)10(14,15)16/h1-3H,(H2,17,18,19).